The molecule has 1 N–H and O–H groups in total. The van der Waals surface area contributed by atoms with Gasteiger partial charge in [-0.15, -0.1) is 0 Å². The van der Waals surface area contributed by atoms with Crippen molar-refractivity contribution in [2.24, 2.45) is 5.92 Å². The molecule has 1 aromatic rings. The first-order chi connectivity index (χ1) is 6.61. The van der Waals surface area contributed by atoms with Crippen molar-refractivity contribution in [3.05, 3.63) is 16.0 Å². The summed E-state index contributed by atoms with van der Waals surface area (Å²) in [6.45, 7) is 5.26. The quantitative estimate of drug-likeness (QED) is 0.858. The molecule has 0 spiro atoms. The molecule has 0 saturated heterocycles. The minimum Gasteiger partial charge on any atom is -0.369 e. The first-order valence-electron chi connectivity index (χ1n) is 4.51. The zero-order chi connectivity index (χ0) is 10.6. The van der Waals surface area contributed by atoms with Gasteiger partial charge in [0, 0.05) is 6.54 Å². The molecule has 1 aromatic heterocycles. The predicted molar refractivity (Wildman–Crippen MR) is 62.7 cm³/mol. The van der Waals surface area contributed by atoms with E-state index in [1.807, 2.05) is 0 Å². The Labute approximate surface area is 97.4 Å². The Hall–Kier alpha value is -0.350. The Balaban J connectivity index is 2.54. The molecule has 78 valence electrons. The SMILES string of the molecule is CC(C)CCNc1ncnc(Cl)c1Br. The maximum atomic E-state index is 5.82. The molecule has 0 amide bonds. The Morgan fingerprint density at radius 3 is 2.86 bits per heavy atom. The molecule has 0 bridgehead atoms. The molecule has 0 aliphatic heterocycles. The van der Waals surface area contributed by atoms with Crippen LogP contribution < -0.4 is 5.32 Å². The maximum Gasteiger partial charge on any atom is 0.148 e. The van der Waals surface area contributed by atoms with Crippen molar-refractivity contribution < 1.29 is 0 Å². The second-order valence-electron chi connectivity index (χ2n) is 3.44. The van der Waals surface area contributed by atoms with Crippen LogP contribution in [0.25, 0.3) is 0 Å². The average molecular weight is 279 g/mol. The fourth-order valence-corrected chi connectivity index (χ4v) is 1.43. The first kappa shape index (κ1) is 11.7. The van der Waals surface area contributed by atoms with Gasteiger partial charge in [-0.05, 0) is 28.3 Å². The number of halogens is 2. The molecule has 0 aromatic carbocycles. The first-order valence-corrected chi connectivity index (χ1v) is 5.68. The minimum absolute atomic E-state index is 0.437. The second kappa shape index (κ2) is 5.51. The van der Waals surface area contributed by atoms with E-state index < -0.39 is 0 Å². The zero-order valence-electron chi connectivity index (χ0n) is 8.22. The third kappa shape index (κ3) is 3.42. The molecule has 5 heteroatoms. The number of hydrogen-bond acceptors (Lipinski definition) is 3. The molecule has 0 aliphatic rings. The highest BCUT2D eigenvalue weighted by atomic mass is 79.9. The number of nitrogens with zero attached hydrogens (tertiary/aromatic N) is 2. The van der Waals surface area contributed by atoms with Crippen LogP contribution in [0.5, 0.6) is 0 Å². The van der Waals surface area contributed by atoms with Gasteiger partial charge in [-0.2, -0.15) is 0 Å². The molecule has 1 rings (SSSR count). The van der Waals surface area contributed by atoms with Gasteiger partial charge in [-0.3, -0.25) is 0 Å². The van der Waals surface area contributed by atoms with E-state index in [0.717, 1.165) is 23.3 Å². The summed E-state index contributed by atoms with van der Waals surface area (Å²) in [6, 6.07) is 0. The molecule has 14 heavy (non-hydrogen) atoms. The van der Waals surface area contributed by atoms with Crippen molar-refractivity contribution in [2.45, 2.75) is 20.3 Å². The molecule has 3 nitrogen and oxygen atoms in total. The van der Waals surface area contributed by atoms with E-state index in [2.05, 4.69) is 45.1 Å². The van der Waals surface area contributed by atoms with Gasteiger partial charge in [0.25, 0.3) is 0 Å². The standard InChI is InChI=1S/C9H13BrClN3/c1-6(2)3-4-12-9-7(10)8(11)13-5-14-9/h5-6H,3-4H2,1-2H3,(H,12,13,14). The van der Waals surface area contributed by atoms with Gasteiger partial charge in [0.05, 0.1) is 4.47 Å². The van der Waals surface area contributed by atoms with Crippen molar-refractivity contribution in [3.63, 3.8) is 0 Å². The lowest BCUT2D eigenvalue weighted by Gasteiger charge is -2.08. The van der Waals surface area contributed by atoms with Crippen LogP contribution in [-0.4, -0.2) is 16.5 Å². The molecule has 0 aliphatic carbocycles. The van der Waals surface area contributed by atoms with Crippen molar-refractivity contribution >= 4 is 33.3 Å². The van der Waals surface area contributed by atoms with Crippen LogP contribution in [0.3, 0.4) is 0 Å². The van der Waals surface area contributed by atoms with Crippen LogP contribution in [0.1, 0.15) is 20.3 Å². The highest BCUT2D eigenvalue weighted by Crippen LogP contribution is 2.25. The monoisotopic (exact) mass is 277 g/mol. The van der Waals surface area contributed by atoms with Gasteiger partial charge in [-0.25, -0.2) is 9.97 Å². The van der Waals surface area contributed by atoms with Gasteiger partial charge in [0.15, 0.2) is 0 Å². The van der Waals surface area contributed by atoms with E-state index >= 15 is 0 Å². The predicted octanol–water partition coefficient (Wildman–Crippen LogP) is 3.35. The number of nitrogens with one attached hydrogen (secondary N) is 1. The van der Waals surface area contributed by atoms with E-state index in [0.29, 0.717) is 11.1 Å². The fourth-order valence-electron chi connectivity index (χ4n) is 0.951. The number of hydrogen-bond donors (Lipinski definition) is 1. The van der Waals surface area contributed by atoms with Crippen molar-refractivity contribution in [1.82, 2.24) is 9.97 Å². The maximum absolute atomic E-state index is 5.82. The largest absolute Gasteiger partial charge is 0.369 e. The third-order valence-corrected chi connectivity index (χ3v) is 3.03. The highest BCUT2D eigenvalue weighted by Gasteiger charge is 2.05. The summed E-state index contributed by atoms with van der Waals surface area (Å²) in [7, 11) is 0. The van der Waals surface area contributed by atoms with Crippen LogP contribution in [0.15, 0.2) is 10.8 Å². The van der Waals surface area contributed by atoms with Crippen LogP contribution in [-0.2, 0) is 0 Å². The summed E-state index contributed by atoms with van der Waals surface area (Å²) >= 11 is 9.15. The van der Waals surface area contributed by atoms with Crippen LogP contribution in [0, 0.1) is 5.92 Å². The minimum atomic E-state index is 0.437. The zero-order valence-corrected chi connectivity index (χ0v) is 10.6. The van der Waals surface area contributed by atoms with Gasteiger partial charge < -0.3 is 5.32 Å². The van der Waals surface area contributed by atoms with E-state index in [1.165, 1.54) is 6.33 Å². The van der Waals surface area contributed by atoms with Crippen LogP contribution in [0.2, 0.25) is 5.15 Å². The van der Waals surface area contributed by atoms with Gasteiger partial charge in [0.1, 0.15) is 17.3 Å². The van der Waals surface area contributed by atoms with Crippen molar-refractivity contribution in [1.29, 1.82) is 0 Å². The summed E-state index contributed by atoms with van der Waals surface area (Å²) in [4.78, 5) is 7.93. The molecule has 0 saturated carbocycles. The van der Waals surface area contributed by atoms with Crippen LogP contribution in [0.4, 0.5) is 5.82 Å². The Morgan fingerprint density at radius 2 is 2.21 bits per heavy atom. The molecular formula is C9H13BrClN3. The summed E-state index contributed by atoms with van der Waals surface area (Å²) in [5, 5.41) is 3.64. The van der Waals surface area contributed by atoms with E-state index in [9.17, 15) is 0 Å². The molecule has 0 unspecified atom stereocenters. The van der Waals surface area contributed by atoms with E-state index in [4.69, 9.17) is 11.6 Å². The smallest absolute Gasteiger partial charge is 0.148 e. The third-order valence-electron chi connectivity index (χ3n) is 1.76. The van der Waals surface area contributed by atoms with E-state index in [-0.39, 0.29) is 0 Å². The second-order valence-corrected chi connectivity index (χ2v) is 4.59. The van der Waals surface area contributed by atoms with Crippen molar-refractivity contribution in [3.8, 4) is 0 Å². The molecule has 0 radical (unpaired) electrons. The lowest BCUT2D eigenvalue weighted by molar-refractivity contribution is 0.606. The van der Waals surface area contributed by atoms with Gasteiger partial charge in [0.2, 0.25) is 0 Å². The summed E-state index contributed by atoms with van der Waals surface area (Å²) < 4.78 is 0.727. The highest BCUT2D eigenvalue weighted by molar-refractivity contribution is 9.10. The molecular weight excluding hydrogens is 265 g/mol. The lowest BCUT2D eigenvalue weighted by Crippen LogP contribution is -2.07. The summed E-state index contributed by atoms with van der Waals surface area (Å²) in [6.07, 6.45) is 2.55. The van der Waals surface area contributed by atoms with E-state index in [1.54, 1.807) is 0 Å². The van der Waals surface area contributed by atoms with Crippen molar-refractivity contribution in [2.75, 3.05) is 11.9 Å². The normalized spacial score (nSPS) is 10.6. The fraction of sp³-hybridized carbons (Fsp3) is 0.556. The number of rotatable bonds is 4. The number of aromatic nitrogens is 2. The lowest BCUT2D eigenvalue weighted by atomic mass is 10.1. The summed E-state index contributed by atoms with van der Waals surface area (Å²) in [5.41, 5.74) is 0. The average Bonchev–Trinajstić information content (AvgIpc) is 2.12. The Bertz CT molecular complexity index is 304. The Morgan fingerprint density at radius 1 is 1.50 bits per heavy atom. The van der Waals surface area contributed by atoms with Gasteiger partial charge in [-0.1, -0.05) is 25.4 Å². The molecule has 0 atom stereocenters. The topological polar surface area (TPSA) is 37.8 Å². The van der Waals surface area contributed by atoms with Crippen LogP contribution >= 0.6 is 27.5 Å². The summed E-state index contributed by atoms with van der Waals surface area (Å²) in [5.74, 6) is 1.43. The number of anilines is 1. The Kier molecular flexibility index (Phi) is 4.62. The molecule has 0 fully saturated rings. The molecule has 1 heterocycles. The van der Waals surface area contributed by atoms with Gasteiger partial charge >= 0.3 is 0 Å².